The molecule has 1 aliphatic rings. The van der Waals surface area contributed by atoms with E-state index in [0.29, 0.717) is 16.6 Å². The van der Waals surface area contributed by atoms with Gasteiger partial charge in [0.1, 0.15) is 0 Å². The molecular formula is C19H23N2O4P. The number of amides is 1. The first kappa shape index (κ1) is 18.6. The molecule has 0 unspecified atom stereocenters. The van der Waals surface area contributed by atoms with Crippen LogP contribution in [-0.2, 0) is 24.8 Å². The van der Waals surface area contributed by atoms with E-state index in [1.54, 1.807) is 18.2 Å². The number of rotatable bonds is 5. The Morgan fingerprint density at radius 1 is 1.19 bits per heavy atom. The summed E-state index contributed by atoms with van der Waals surface area (Å²) in [6.07, 6.45) is 2.81. The molecule has 0 aliphatic carbocycles. The van der Waals surface area contributed by atoms with Gasteiger partial charge in [0.2, 0.25) is 0 Å². The molecule has 1 amide bonds. The fourth-order valence-corrected chi connectivity index (χ4v) is 4.53. The molecule has 0 atom stereocenters. The predicted octanol–water partition coefficient (Wildman–Crippen LogP) is 3.80. The minimum atomic E-state index is -3.36. The minimum absolute atomic E-state index is 0.188. The van der Waals surface area contributed by atoms with Crippen molar-refractivity contribution in [3.05, 3.63) is 46.3 Å². The maximum atomic E-state index is 12.5. The Bertz CT molecular complexity index is 951. The van der Waals surface area contributed by atoms with E-state index < -0.39 is 7.60 Å². The number of hydrogen-bond donors (Lipinski definition) is 2. The summed E-state index contributed by atoms with van der Waals surface area (Å²) >= 11 is 0. The molecule has 7 heteroatoms. The van der Waals surface area contributed by atoms with Crippen LogP contribution in [0.15, 0.2) is 18.2 Å². The van der Waals surface area contributed by atoms with E-state index in [1.165, 1.54) is 19.8 Å². The van der Waals surface area contributed by atoms with Crippen LogP contribution in [0, 0.1) is 13.8 Å². The maximum Gasteiger partial charge on any atom is 0.360 e. The Kier molecular flexibility index (Phi) is 4.93. The lowest BCUT2D eigenvalue weighted by Crippen LogP contribution is -2.09. The Morgan fingerprint density at radius 2 is 1.88 bits per heavy atom. The van der Waals surface area contributed by atoms with Crippen molar-refractivity contribution in [2.24, 2.45) is 0 Å². The van der Waals surface area contributed by atoms with Crippen molar-refractivity contribution in [2.75, 3.05) is 19.5 Å². The molecular weight excluding hydrogens is 351 g/mol. The largest absolute Gasteiger partial charge is 0.360 e. The summed E-state index contributed by atoms with van der Waals surface area (Å²) in [5.41, 5.74) is 6.41. The molecule has 0 saturated heterocycles. The van der Waals surface area contributed by atoms with E-state index in [2.05, 4.69) is 24.1 Å². The molecule has 2 aromatic rings. The van der Waals surface area contributed by atoms with Crippen LogP contribution in [0.4, 0.5) is 5.69 Å². The Labute approximate surface area is 153 Å². The highest BCUT2D eigenvalue weighted by Gasteiger charge is 2.30. The molecule has 0 spiro atoms. The molecule has 3 rings (SSSR count). The maximum absolute atomic E-state index is 12.5. The second-order valence-electron chi connectivity index (χ2n) is 6.23. The number of H-pyrrole nitrogens is 1. The van der Waals surface area contributed by atoms with Gasteiger partial charge in [-0.3, -0.25) is 9.36 Å². The smallest absolute Gasteiger partial charge is 0.359 e. The average Bonchev–Trinajstić information content (AvgIpc) is 3.09. The molecule has 2 N–H and O–H groups in total. The van der Waals surface area contributed by atoms with Crippen LogP contribution in [0.1, 0.15) is 35.0 Å². The average molecular weight is 374 g/mol. The van der Waals surface area contributed by atoms with Gasteiger partial charge in [0.05, 0.1) is 10.9 Å². The molecule has 0 bridgehead atoms. The third-order valence-corrected chi connectivity index (χ3v) is 6.73. The van der Waals surface area contributed by atoms with Gasteiger partial charge in [0, 0.05) is 36.9 Å². The molecule has 1 aromatic carbocycles. The number of hydrogen-bond acceptors (Lipinski definition) is 4. The summed E-state index contributed by atoms with van der Waals surface area (Å²) in [6, 6.07) is 5.09. The number of fused-ring (bicyclic) bond motifs is 1. The van der Waals surface area contributed by atoms with Crippen LogP contribution < -0.4 is 10.6 Å². The third kappa shape index (κ3) is 2.94. The van der Waals surface area contributed by atoms with Crippen molar-refractivity contribution in [2.45, 2.75) is 27.2 Å². The number of anilines is 1. The highest BCUT2D eigenvalue weighted by molar-refractivity contribution is 7.62. The van der Waals surface area contributed by atoms with Gasteiger partial charge >= 0.3 is 7.60 Å². The van der Waals surface area contributed by atoms with Crippen molar-refractivity contribution in [1.29, 1.82) is 0 Å². The minimum Gasteiger partial charge on any atom is -0.359 e. The van der Waals surface area contributed by atoms with Crippen LogP contribution in [0.25, 0.3) is 11.6 Å². The normalized spacial score (nSPS) is 15.4. The first-order valence-electron chi connectivity index (χ1n) is 8.42. The number of benzene rings is 1. The summed E-state index contributed by atoms with van der Waals surface area (Å²) in [5.74, 6) is -0.188. The number of nitrogens with one attached hydrogen (secondary N) is 2. The van der Waals surface area contributed by atoms with Crippen LogP contribution in [0.2, 0.25) is 0 Å². The molecule has 138 valence electrons. The second-order valence-corrected chi connectivity index (χ2v) is 8.47. The van der Waals surface area contributed by atoms with Gasteiger partial charge in [0.25, 0.3) is 5.91 Å². The first-order chi connectivity index (χ1) is 12.3. The summed E-state index contributed by atoms with van der Waals surface area (Å²) in [6.45, 7) is 6.21. The molecule has 0 fully saturated rings. The fourth-order valence-electron chi connectivity index (χ4n) is 3.42. The van der Waals surface area contributed by atoms with Gasteiger partial charge in [-0.15, -0.1) is 0 Å². The summed E-state index contributed by atoms with van der Waals surface area (Å²) in [7, 11) is -0.691. The number of carbonyl (C=O) groups is 1. The van der Waals surface area contributed by atoms with E-state index in [0.717, 1.165) is 28.9 Å². The molecule has 0 saturated carbocycles. The molecule has 0 radical (unpaired) electrons. The van der Waals surface area contributed by atoms with E-state index >= 15 is 0 Å². The van der Waals surface area contributed by atoms with E-state index in [-0.39, 0.29) is 5.91 Å². The van der Waals surface area contributed by atoms with Gasteiger partial charge < -0.3 is 19.3 Å². The Balaban J connectivity index is 2.07. The standard InChI is InChI=1S/C19H23N2O4P/c1-6-14-11(2)17(20-12(14)3)10-16-15-8-7-13(26(23,24-4)25-5)9-18(15)21-19(16)22/h7-10,20H,6H2,1-5H3,(H,21,22)/b16-10-. The first-order valence-corrected chi connectivity index (χ1v) is 9.96. The SMILES string of the molecule is CCc1c(C)[nH]c(/C=C2\C(=O)Nc3cc(P(=O)(OC)OC)ccc32)c1C. The molecule has 1 aliphatic heterocycles. The van der Waals surface area contributed by atoms with Crippen LogP contribution >= 0.6 is 7.60 Å². The highest BCUT2D eigenvalue weighted by Crippen LogP contribution is 2.46. The fraction of sp³-hybridized carbons (Fsp3) is 0.316. The molecule has 26 heavy (non-hydrogen) atoms. The van der Waals surface area contributed by atoms with Crippen molar-refractivity contribution < 1.29 is 18.4 Å². The predicted molar refractivity (Wildman–Crippen MR) is 104 cm³/mol. The lowest BCUT2D eigenvalue weighted by molar-refractivity contribution is -0.110. The van der Waals surface area contributed by atoms with Crippen LogP contribution in [0.3, 0.4) is 0 Å². The van der Waals surface area contributed by atoms with Crippen LogP contribution in [-0.4, -0.2) is 25.1 Å². The van der Waals surface area contributed by atoms with Gasteiger partial charge in [-0.1, -0.05) is 13.0 Å². The topological polar surface area (TPSA) is 80.4 Å². The van der Waals surface area contributed by atoms with Crippen molar-refractivity contribution >= 4 is 36.1 Å². The van der Waals surface area contributed by atoms with Crippen molar-refractivity contribution in [3.8, 4) is 0 Å². The highest BCUT2D eigenvalue weighted by atomic mass is 31.2. The van der Waals surface area contributed by atoms with E-state index in [1.807, 2.05) is 13.0 Å². The van der Waals surface area contributed by atoms with Crippen molar-refractivity contribution in [1.82, 2.24) is 4.98 Å². The van der Waals surface area contributed by atoms with Gasteiger partial charge in [-0.2, -0.15) is 0 Å². The summed E-state index contributed by atoms with van der Waals surface area (Å²) < 4.78 is 22.6. The Morgan fingerprint density at radius 3 is 2.46 bits per heavy atom. The van der Waals surface area contributed by atoms with Gasteiger partial charge in [-0.05, 0) is 49.6 Å². The summed E-state index contributed by atoms with van der Waals surface area (Å²) in [5, 5.41) is 3.24. The number of aromatic amines is 1. The number of aryl methyl sites for hydroxylation is 1. The van der Waals surface area contributed by atoms with E-state index in [4.69, 9.17) is 9.05 Å². The zero-order valence-corrected chi connectivity index (χ0v) is 16.5. The third-order valence-electron chi connectivity index (χ3n) is 4.86. The number of aromatic nitrogens is 1. The van der Waals surface area contributed by atoms with Gasteiger partial charge in [0.15, 0.2) is 0 Å². The monoisotopic (exact) mass is 374 g/mol. The zero-order valence-electron chi connectivity index (χ0n) is 15.6. The lowest BCUT2D eigenvalue weighted by Gasteiger charge is -2.14. The van der Waals surface area contributed by atoms with Crippen LogP contribution in [0.5, 0.6) is 0 Å². The van der Waals surface area contributed by atoms with E-state index in [9.17, 15) is 9.36 Å². The quantitative estimate of drug-likeness (QED) is 0.616. The zero-order chi connectivity index (χ0) is 19.1. The lowest BCUT2D eigenvalue weighted by atomic mass is 10.0. The number of carbonyl (C=O) groups excluding carboxylic acids is 1. The summed E-state index contributed by atoms with van der Waals surface area (Å²) in [4.78, 5) is 15.8. The molecule has 2 heterocycles. The molecule has 6 nitrogen and oxygen atoms in total. The Hall–Kier alpha value is -2.14. The second kappa shape index (κ2) is 6.88. The van der Waals surface area contributed by atoms with Crippen molar-refractivity contribution in [3.63, 3.8) is 0 Å². The van der Waals surface area contributed by atoms with Gasteiger partial charge in [-0.25, -0.2) is 0 Å². The molecule has 1 aromatic heterocycles.